The van der Waals surface area contributed by atoms with Crippen LogP contribution >= 0.6 is 15.9 Å². The van der Waals surface area contributed by atoms with Gasteiger partial charge in [-0.2, -0.15) is 10.4 Å². The third-order valence-electron chi connectivity index (χ3n) is 3.77. The Balaban J connectivity index is 2.05. The van der Waals surface area contributed by atoms with Crippen LogP contribution in [0.5, 0.6) is 0 Å². The minimum atomic E-state index is -1.08. The van der Waals surface area contributed by atoms with Gasteiger partial charge in [0.1, 0.15) is 0 Å². The van der Waals surface area contributed by atoms with Crippen molar-refractivity contribution in [2.24, 2.45) is 5.41 Å². The van der Waals surface area contributed by atoms with Crippen LogP contribution in [0.15, 0.2) is 29.0 Å². The van der Waals surface area contributed by atoms with Gasteiger partial charge in [-0.25, -0.2) is 4.52 Å². The molecule has 1 fully saturated rings. The van der Waals surface area contributed by atoms with Gasteiger partial charge in [-0.05, 0) is 34.5 Å². The first-order valence-electron chi connectivity index (χ1n) is 6.46. The van der Waals surface area contributed by atoms with Gasteiger partial charge in [0.25, 0.3) is 0 Å². The number of rotatable bonds is 3. The number of halogens is 1. The summed E-state index contributed by atoms with van der Waals surface area (Å²) < 4.78 is 7.66. The molecule has 2 aromatic heterocycles. The monoisotopic (exact) mass is 348 g/mol. The molecule has 1 amide bonds. The lowest BCUT2D eigenvalue weighted by atomic mass is 9.89. The Morgan fingerprint density at radius 2 is 2.43 bits per heavy atom. The van der Waals surface area contributed by atoms with Crippen LogP contribution in [0, 0.1) is 16.7 Å². The van der Waals surface area contributed by atoms with E-state index in [4.69, 9.17) is 4.74 Å². The smallest absolute Gasteiger partial charge is 0.249 e. The van der Waals surface area contributed by atoms with Crippen molar-refractivity contribution in [2.45, 2.75) is 6.42 Å². The van der Waals surface area contributed by atoms with E-state index in [2.05, 4.69) is 27.1 Å². The molecule has 1 aliphatic rings. The molecule has 0 radical (unpaired) electrons. The van der Waals surface area contributed by atoms with E-state index in [9.17, 15) is 10.1 Å². The molecule has 3 rings (SSSR count). The number of nitriles is 1. The third kappa shape index (κ3) is 2.11. The van der Waals surface area contributed by atoms with Crippen molar-refractivity contribution in [3.63, 3.8) is 0 Å². The second-order valence-corrected chi connectivity index (χ2v) is 5.95. The number of aromatic nitrogens is 2. The van der Waals surface area contributed by atoms with Gasteiger partial charge in [-0.3, -0.25) is 4.79 Å². The van der Waals surface area contributed by atoms with Crippen LogP contribution in [0.3, 0.4) is 0 Å². The number of carbonyl (C=O) groups excluding carboxylic acids is 1. The van der Waals surface area contributed by atoms with Gasteiger partial charge in [0.15, 0.2) is 5.41 Å². The fourth-order valence-corrected chi connectivity index (χ4v) is 3.12. The molecule has 1 atom stereocenters. The highest BCUT2D eigenvalue weighted by molar-refractivity contribution is 9.10. The highest BCUT2D eigenvalue weighted by Crippen LogP contribution is 2.36. The van der Waals surface area contributed by atoms with E-state index in [1.165, 1.54) is 7.11 Å². The summed E-state index contributed by atoms with van der Waals surface area (Å²) in [5.41, 5.74) is 0.497. The minimum Gasteiger partial charge on any atom is -0.382 e. The summed E-state index contributed by atoms with van der Waals surface area (Å²) in [6, 6.07) is 5.83. The van der Waals surface area contributed by atoms with Crippen molar-refractivity contribution in [3.05, 3.63) is 29.0 Å². The highest BCUT2D eigenvalue weighted by atomic mass is 79.9. The number of hydrogen-bond acceptors (Lipinski definition) is 4. The van der Waals surface area contributed by atoms with Crippen molar-refractivity contribution in [3.8, 4) is 6.07 Å². The molecule has 1 aliphatic heterocycles. The van der Waals surface area contributed by atoms with Crippen LogP contribution in [0.25, 0.3) is 5.52 Å². The van der Waals surface area contributed by atoms with Crippen LogP contribution in [-0.4, -0.2) is 35.8 Å². The van der Waals surface area contributed by atoms with Gasteiger partial charge >= 0.3 is 0 Å². The first-order valence-corrected chi connectivity index (χ1v) is 7.26. The number of fused-ring (bicyclic) bond motifs is 1. The summed E-state index contributed by atoms with van der Waals surface area (Å²) in [6.07, 6.45) is 3.93. The van der Waals surface area contributed by atoms with Gasteiger partial charge in [-0.1, -0.05) is 0 Å². The molecule has 3 heterocycles. The molecule has 21 heavy (non-hydrogen) atoms. The predicted octanol–water partition coefficient (Wildman–Crippen LogP) is 1.99. The van der Waals surface area contributed by atoms with Crippen LogP contribution in [0.2, 0.25) is 0 Å². The lowest BCUT2D eigenvalue weighted by Crippen LogP contribution is -2.37. The van der Waals surface area contributed by atoms with Gasteiger partial charge in [0.2, 0.25) is 5.91 Å². The van der Waals surface area contributed by atoms with Crippen LogP contribution in [-0.2, 0) is 9.53 Å². The summed E-state index contributed by atoms with van der Waals surface area (Å²) >= 11 is 3.41. The number of carbonyl (C=O) groups is 1. The van der Waals surface area contributed by atoms with E-state index in [0.717, 1.165) is 15.7 Å². The fourth-order valence-electron chi connectivity index (χ4n) is 2.71. The van der Waals surface area contributed by atoms with Crippen LogP contribution in [0.1, 0.15) is 6.42 Å². The van der Waals surface area contributed by atoms with Crippen molar-refractivity contribution >= 4 is 33.0 Å². The zero-order valence-corrected chi connectivity index (χ0v) is 13.0. The van der Waals surface area contributed by atoms with Crippen molar-refractivity contribution in [1.82, 2.24) is 9.61 Å². The van der Waals surface area contributed by atoms with E-state index in [0.29, 0.717) is 13.0 Å². The lowest BCUT2D eigenvalue weighted by molar-refractivity contribution is -0.125. The molecule has 0 aromatic carbocycles. The standard InChI is InChI=1S/C14H13BrN4O2/c1-21-9-14(8-16)3-5-18(13(14)20)11-2-4-17-19-7-10(15)6-12(11)19/h2,4,6-7H,3,5,9H2,1H3. The molecule has 0 spiro atoms. The molecule has 0 N–H and O–H groups in total. The maximum absolute atomic E-state index is 12.7. The maximum atomic E-state index is 12.7. The van der Waals surface area contributed by atoms with Crippen LogP contribution in [0.4, 0.5) is 5.69 Å². The van der Waals surface area contributed by atoms with Crippen molar-refractivity contribution in [1.29, 1.82) is 5.26 Å². The number of ether oxygens (including phenoxy) is 1. The van der Waals surface area contributed by atoms with Gasteiger partial charge in [-0.15, -0.1) is 0 Å². The molecule has 108 valence electrons. The SMILES string of the molecule is COCC1(C#N)CCN(c2ccnn3cc(Br)cc23)C1=O. The van der Waals surface area contributed by atoms with Crippen molar-refractivity contribution in [2.75, 3.05) is 25.2 Å². The molecular formula is C14H13BrN4O2. The van der Waals surface area contributed by atoms with Crippen LogP contribution < -0.4 is 4.90 Å². The lowest BCUT2D eigenvalue weighted by Gasteiger charge is -2.21. The zero-order valence-electron chi connectivity index (χ0n) is 11.4. The Labute approximate surface area is 130 Å². The Kier molecular flexibility index (Phi) is 3.43. The number of amides is 1. The third-order valence-corrected chi connectivity index (χ3v) is 4.20. The van der Waals surface area contributed by atoms with Gasteiger partial charge in [0, 0.05) is 30.5 Å². The second kappa shape index (κ2) is 5.13. The number of methoxy groups -OCH3 is 1. The van der Waals surface area contributed by atoms with E-state index < -0.39 is 5.41 Å². The number of nitrogens with zero attached hydrogens (tertiary/aromatic N) is 4. The Bertz CT molecular complexity index is 751. The molecular weight excluding hydrogens is 336 g/mol. The Morgan fingerprint density at radius 1 is 1.62 bits per heavy atom. The summed E-state index contributed by atoms with van der Waals surface area (Å²) in [5.74, 6) is -0.211. The maximum Gasteiger partial charge on any atom is 0.249 e. The molecule has 7 heteroatoms. The molecule has 1 saturated heterocycles. The normalized spacial score (nSPS) is 22.0. The summed E-state index contributed by atoms with van der Waals surface area (Å²) in [5, 5.41) is 13.6. The average Bonchev–Trinajstić information content (AvgIpc) is 3.00. The molecule has 1 unspecified atom stereocenters. The number of hydrogen-bond donors (Lipinski definition) is 0. The molecule has 0 bridgehead atoms. The van der Waals surface area contributed by atoms with Crippen molar-refractivity contribution < 1.29 is 9.53 Å². The highest BCUT2D eigenvalue weighted by Gasteiger charge is 2.48. The van der Waals surface area contributed by atoms with E-state index in [1.807, 2.05) is 12.3 Å². The molecule has 0 saturated carbocycles. The summed E-state index contributed by atoms with van der Waals surface area (Å²) in [6.45, 7) is 0.614. The number of anilines is 1. The fraction of sp³-hybridized carbons (Fsp3) is 0.357. The van der Waals surface area contributed by atoms with Gasteiger partial charge in [0.05, 0.1) is 23.9 Å². The van der Waals surface area contributed by atoms with E-state index in [1.54, 1.807) is 21.7 Å². The summed E-state index contributed by atoms with van der Waals surface area (Å²) in [7, 11) is 1.50. The second-order valence-electron chi connectivity index (χ2n) is 5.04. The Hall–Kier alpha value is -1.91. The van der Waals surface area contributed by atoms with Gasteiger partial charge < -0.3 is 9.64 Å². The Morgan fingerprint density at radius 3 is 3.14 bits per heavy atom. The topological polar surface area (TPSA) is 70.6 Å². The quantitative estimate of drug-likeness (QED) is 0.850. The van der Waals surface area contributed by atoms with E-state index in [-0.39, 0.29) is 12.5 Å². The molecule has 0 aliphatic carbocycles. The molecule has 6 nitrogen and oxygen atoms in total. The average molecular weight is 349 g/mol. The summed E-state index contributed by atoms with van der Waals surface area (Å²) in [4.78, 5) is 14.3. The minimum absolute atomic E-state index is 0.116. The largest absolute Gasteiger partial charge is 0.382 e. The zero-order chi connectivity index (χ0) is 15.0. The first kappa shape index (κ1) is 14.0. The molecule has 2 aromatic rings. The van der Waals surface area contributed by atoms with E-state index >= 15 is 0 Å². The predicted molar refractivity (Wildman–Crippen MR) is 79.8 cm³/mol. The first-order chi connectivity index (χ1) is 10.1.